The summed E-state index contributed by atoms with van der Waals surface area (Å²) in [6.45, 7) is 10.7. The first-order valence-electron chi connectivity index (χ1n) is 9.87. The number of carbonyl (C=O) groups excluding carboxylic acids is 1. The molecule has 1 amide bonds. The van der Waals surface area contributed by atoms with E-state index < -0.39 is 5.60 Å². The fourth-order valence-corrected chi connectivity index (χ4v) is 2.45. The van der Waals surface area contributed by atoms with Crippen molar-refractivity contribution in [2.75, 3.05) is 33.7 Å². The van der Waals surface area contributed by atoms with Crippen LogP contribution in [0.4, 0.5) is 4.79 Å². The molecular weight excluding hydrogens is 481 g/mol. The van der Waals surface area contributed by atoms with Gasteiger partial charge >= 0.3 is 6.09 Å². The molecule has 0 aliphatic heterocycles. The zero-order chi connectivity index (χ0) is 21.0. The van der Waals surface area contributed by atoms with Crippen molar-refractivity contribution in [1.29, 1.82) is 0 Å². The first-order chi connectivity index (χ1) is 13.2. The molecule has 0 saturated carbocycles. The van der Waals surface area contributed by atoms with Gasteiger partial charge in [-0.25, -0.2) is 4.79 Å². The maximum absolute atomic E-state index is 11.6. The summed E-state index contributed by atoms with van der Waals surface area (Å²) in [5.74, 6) is 0.761. The number of nitrogens with one attached hydrogen (secondary N) is 3. The third-order valence-corrected chi connectivity index (χ3v) is 4.13. The normalized spacial score (nSPS) is 12.7. The SMILES string of the molecule is CN=C(NCCCNC(=O)OC(C)(C)C)NCC(C)N(C)Cc1ccccc1.I. The van der Waals surface area contributed by atoms with E-state index in [2.05, 4.69) is 64.1 Å². The van der Waals surface area contributed by atoms with Crippen LogP contribution in [-0.2, 0) is 11.3 Å². The van der Waals surface area contributed by atoms with E-state index in [4.69, 9.17) is 4.74 Å². The van der Waals surface area contributed by atoms with Gasteiger partial charge in [-0.3, -0.25) is 9.89 Å². The van der Waals surface area contributed by atoms with Gasteiger partial charge in [0.05, 0.1) is 0 Å². The predicted molar refractivity (Wildman–Crippen MR) is 131 cm³/mol. The van der Waals surface area contributed by atoms with E-state index in [0.717, 1.165) is 25.5 Å². The molecule has 1 atom stereocenters. The molecule has 0 aliphatic carbocycles. The van der Waals surface area contributed by atoms with Crippen LogP contribution in [0, 0.1) is 0 Å². The van der Waals surface area contributed by atoms with Gasteiger partial charge < -0.3 is 20.7 Å². The lowest BCUT2D eigenvalue weighted by molar-refractivity contribution is 0.0527. The number of ether oxygens (including phenoxy) is 1. The molecule has 0 heterocycles. The highest BCUT2D eigenvalue weighted by Crippen LogP contribution is 2.06. The van der Waals surface area contributed by atoms with Gasteiger partial charge in [0.25, 0.3) is 0 Å². The predicted octanol–water partition coefficient (Wildman–Crippen LogP) is 3.20. The highest BCUT2D eigenvalue weighted by Gasteiger charge is 2.15. The Hall–Kier alpha value is -1.55. The number of rotatable bonds is 9. The summed E-state index contributed by atoms with van der Waals surface area (Å²) in [7, 11) is 3.88. The summed E-state index contributed by atoms with van der Waals surface area (Å²) >= 11 is 0. The largest absolute Gasteiger partial charge is 0.444 e. The number of hydrogen-bond acceptors (Lipinski definition) is 4. The van der Waals surface area contributed by atoms with Crippen LogP contribution in [0.5, 0.6) is 0 Å². The first-order valence-corrected chi connectivity index (χ1v) is 9.87. The molecule has 7 nitrogen and oxygen atoms in total. The summed E-state index contributed by atoms with van der Waals surface area (Å²) in [5, 5.41) is 9.37. The van der Waals surface area contributed by atoms with Crippen LogP contribution in [-0.4, -0.2) is 62.3 Å². The molecule has 0 radical (unpaired) electrons. The average Bonchev–Trinajstić information content (AvgIpc) is 2.63. The van der Waals surface area contributed by atoms with Crippen molar-refractivity contribution in [3.8, 4) is 0 Å². The number of nitrogens with zero attached hydrogens (tertiary/aromatic N) is 2. The number of carbonyl (C=O) groups is 1. The highest BCUT2D eigenvalue weighted by atomic mass is 127. The summed E-state index contributed by atoms with van der Waals surface area (Å²) in [5.41, 5.74) is 0.829. The molecule has 1 aromatic carbocycles. The Morgan fingerprint density at radius 2 is 1.76 bits per heavy atom. The quantitative estimate of drug-likeness (QED) is 0.202. The van der Waals surface area contributed by atoms with Gasteiger partial charge in [-0.1, -0.05) is 30.3 Å². The lowest BCUT2D eigenvalue weighted by Gasteiger charge is -2.26. The van der Waals surface area contributed by atoms with Crippen LogP contribution in [0.3, 0.4) is 0 Å². The second-order valence-corrected chi connectivity index (χ2v) is 7.91. The number of benzene rings is 1. The number of guanidine groups is 1. The molecule has 0 aromatic heterocycles. The van der Waals surface area contributed by atoms with Gasteiger partial charge in [0.1, 0.15) is 5.60 Å². The van der Waals surface area contributed by atoms with Crippen molar-refractivity contribution in [2.45, 2.75) is 52.3 Å². The van der Waals surface area contributed by atoms with Crippen LogP contribution in [0.2, 0.25) is 0 Å². The molecule has 1 rings (SSSR count). The molecule has 0 fully saturated rings. The first kappa shape index (κ1) is 27.5. The van der Waals surface area contributed by atoms with E-state index in [1.165, 1.54) is 5.56 Å². The molecule has 0 bridgehead atoms. The standard InChI is InChI=1S/C21H37N5O2.HI/c1-17(26(6)16-18-11-8-7-9-12-18)15-25-19(22-5)23-13-10-14-24-20(27)28-21(2,3)4;/h7-9,11-12,17H,10,13-16H2,1-6H3,(H,24,27)(H2,22,23,25);1H. The zero-order valence-corrected chi connectivity index (χ0v) is 20.9. The minimum absolute atomic E-state index is 0. The van der Waals surface area contributed by atoms with Crippen molar-refractivity contribution in [3.63, 3.8) is 0 Å². The zero-order valence-electron chi connectivity index (χ0n) is 18.6. The van der Waals surface area contributed by atoms with Crippen LogP contribution < -0.4 is 16.0 Å². The maximum atomic E-state index is 11.6. The van der Waals surface area contributed by atoms with Crippen LogP contribution in [0.25, 0.3) is 0 Å². The summed E-state index contributed by atoms with van der Waals surface area (Å²) < 4.78 is 5.21. The molecule has 29 heavy (non-hydrogen) atoms. The monoisotopic (exact) mass is 519 g/mol. The molecule has 1 aromatic rings. The van der Waals surface area contributed by atoms with E-state index >= 15 is 0 Å². The summed E-state index contributed by atoms with van der Waals surface area (Å²) in [6.07, 6.45) is 0.397. The van der Waals surface area contributed by atoms with Crippen molar-refractivity contribution >= 4 is 36.0 Å². The third kappa shape index (κ3) is 13.3. The number of likely N-dealkylation sites (N-methyl/N-ethyl adjacent to an activating group) is 1. The number of amides is 1. The van der Waals surface area contributed by atoms with Gasteiger partial charge in [-0.05, 0) is 46.7 Å². The van der Waals surface area contributed by atoms with E-state index in [9.17, 15) is 4.79 Å². The summed E-state index contributed by atoms with van der Waals surface area (Å²) in [4.78, 5) is 18.1. The topological polar surface area (TPSA) is 78.0 Å². The second kappa shape index (κ2) is 14.4. The molecule has 0 saturated heterocycles. The lowest BCUT2D eigenvalue weighted by Crippen LogP contribution is -2.45. The number of aliphatic imine (C=N–C) groups is 1. The number of alkyl carbamates (subject to hydrolysis) is 1. The van der Waals surface area contributed by atoms with Gasteiger partial charge in [0.15, 0.2) is 5.96 Å². The maximum Gasteiger partial charge on any atom is 0.407 e. The van der Waals surface area contributed by atoms with Crippen LogP contribution in [0.1, 0.15) is 39.7 Å². The minimum atomic E-state index is -0.474. The third-order valence-electron chi connectivity index (χ3n) is 4.13. The highest BCUT2D eigenvalue weighted by molar-refractivity contribution is 14.0. The number of hydrogen-bond donors (Lipinski definition) is 3. The fraction of sp³-hybridized carbons (Fsp3) is 0.619. The van der Waals surface area contributed by atoms with Crippen LogP contribution >= 0.6 is 24.0 Å². The Bertz CT molecular complexity index is 605. The van der Waals surface area contributed by atoms with Crippen LogP contribution in [0.15, 0.2) is 35.3 Å². The van der Waals surface area contributed by atoms with Crippen molar-refractivity contribution in [1.82, 2.24) is 20.9 Å². The van der Waals surface area contributed by atoms with E-state index in [-0.39, 0.29) is 30.1 Å². The Morgan fingerprint density at radius 1 is 1.14 bits per heavy atom. The molecule has 8 heteroatoms. The Balaban J connectivity index is 0.00000784. The average molecular weight is 519 g/mol. The summed E-state index contributed by atoms with van der Waals surface area (Å²) in [6, 6.07) is 10.8. The Labute approximate surface area is 193 Å². The van der Waals surface area contributed by atoms with Gasteiger partial charge in [0.2, 0.25) is 0 Å². The Morgan fingerprint density at radius 3 is 2.34 bits per heavy atom. The number of halogens is 1. The lowest BCUT2D eigenvalue weighted by atomic mass is 10.2. The fourth-order valence-electron chi connectivity index (χ4n) is 2.45. The van der Waals surface area contributed by atoms with E-state index in [1.54, 1.807) is 7.05 Å². The van der Waals surface area contributed by atoms with Crippen molar-refractivity contribution in [2.24, 2.45) is 4.99 Å². The molecule has 3 N–H and O–H groups in total. The molecule has 166 valence electrons. The molecular formula is C21H38IN5O2. The molecule has 0 spiro atoms. The van der Waals surface area contributed by atoms with E-state index in [1.807, 2.05) is 26.8 Å². The Kier molecular flexibility index (Phi) is 13.7. The van der Waals surface area contributed by atoms with Gasteiger partial charge in [-0.15, -0.1) is 24.0 Å². The van der Waals surface area contributed by atoms with Gasteiger partial charge in [-0.2, -0.15) is 0 Å². The van der Waals surface area contributed by atoms with Gasteiger partial charge in [0, 0.05) is 39.3 Å². The minimum Gasteiger partial charge on any atom is -0.444 e. The second-order valence-electron chi connectivity index (χ2n) is 7.91. The van der Waals surface area contributed by atoms with Crippen molar-refractivity contribution < 1.29 is 9.53 Å². The van der Waals surface area contributed by atoms with Crippen molar-refractivity contribution in [3.05, 3.63) is 35.9 Å². The smallest absolute Gasteiger partial charge is 0.407 e. The molecule has 0 aliphatic rings. The van der Waals surface area contributed by atoms with E-state index in [0.29, 0.717) is 19.1 Å². The molecule has 1 unspecified atom stereocenters.